The van der Waals surface area contributed by atoms with Crippen LogP contribution in [0.2, 0.25) is 0 Å². The van der Waals surface area contributed by atoms with Gasteiger partial charge in [0.2, 0.25) is 5.91 Å². The smallest absolute Gasteiger partial charge is 0.322 e. The second kappa shape index (κ2) is 8.93. The number of nitrogens with one attached hydrogen (secondary N) is 2. The molecule has 0 saturated carbocycles. The highest BCUT2D eigenvalue weighted by atomic mass is 19.2. The maximum Gasteiger partial charge on any atom is 0.322 e. The van der Waals surface area contributed by atoms with Crippen molar-refractivity contribution in [3.8, 4) is 0 Å². The molecule has 2 N–H and O–H groups in total. The van der Waals surface area contributed by atoms with E-state index in [2.05, 4.69) is 20.3 Å². The predicted octanol–water partition coefficient (Wildman–Crippen LogP) is 3.47. The SMILES string of the molecule is CC(C)CCN(CC(=O)Nc1ccon1)C(=O)Nc1ccc(F)c(F)c1. The van der Waals surface area contributed by atoms with E-state index >= 15 is 0 Å². The average Bonchev–Trinajstić information content (AvgIpc) is 3.07. The van der Waals surface area contributed by atoms with Gasteiger partial charge in [0, 0.05) is 24.4 Å². The van der Waals surface area contributed by atoms with E-state index in [1.54, 1.807) is 0 Å². The maximum atomic E-state index is 13.3. The average molecular weight is 366 g/mol. The van der Waals surface area contributed by atoms with Gasteiger partial charge in [0.05, 0.1) is 0 Å². The van der Waals surface area contributed by atoms with Crippen LogP contribution in [0.5, 0.6) is 0 Å². The zero-order valence-corrected chi connectivity index (χ0v) is 14.5. The Morgan fingerprint density at radius 1 is 1.19 bits per heavy atom. The number of aromatic nitrogens is 1. The summed E-state index contributed by atoms with van der Waals surface area (Å²) in [6.07, 6.45) is 1.98. The Hall–Kier alpha value is -2.97. The first-order valence-electron chi connectivity index (χ1n) is 8.06. The number of rotatable bonds is 7. The van der Waals surface area contributed by atoms with Crippen LogP contribution in [0.3, 0.4) is 0 Å². The van der Waals surface area contributed by atoms with Crippen molar-refractivity contribution in [1.82, 2.24) is 10.1 Å². The fourth-order valence-corrected chi connectivity index (χ4v) is 2.08. The first-order chi connectivity index (χ1) is 12.3. The van der Waals surface area contributed by atoms with Gasteiger partial charge in [0.1, 0.15) is 12.8 Å². The zero-order valence-electron chi connectivity index (χ0n) is 14.5. The first kappa shape index (κ1) is 19.4. The van der Waals surface area contributed by atoms with E-state index in [0.717, 1.165) is 12.1 Å². The lowest BCUT2D eigenvalue weighted by molar-refractivity contribution is -0.116. The van der Waals surface area contributed by atoms with Gasteiger partial charge in [-0.15, -0.1) is 0 Å². The van der Waals surface area contributed by atoms with Gasteiger partial charge in [-0.25, -0.2) is 13.6 Å². The van der Waals surface area contributed by atoms with E-state index in [1.807, 2.05) is 13.8 Å². The topological polar surface area (TPSA) is 87.5 Å². The Morgan fingerprint density at radius 2 is 1.96 bits per heavy atom. The molecule has 0 atom stereocenters. The zero-order chi connectivity index (χ0) is 19.1. The van der Waals surface area contributed by atoms with E-state index in [0.29, 0.717) is 18.9 Å². The molecule has 0 fully saturated rings. The molecular formula is C17H20F2N4O3. The van der Waals surface area contributed by atoms with Crippen molar-refractivity contribution < 1.29 is 22.9 Å². The number of nitrogens with zero attached hydrogens (tertiary/aromatic N) is 2. The van der Waals surface area contributed by atoms with Crippen molar-refractivity contribution in [3.63, 3.8) is 0 Å². The summed E-state index contributed by atoms with van der Waals surface area (Å²) in [5, 5.41) is 8.53. The highest BCUT2D eigenvalue weighted by Crippen LogP contribution is 2.14. The lowest BCUT2D eigenvalue weighted by Crippen LogP contribution is -2.41. The number of anilines is 2. The number of halogens is 2. The molecule has 9 heteroatoms. The molecule has 1 aromatic heterocycles. The van der Waals surface area contributed by atoms with Crippen LogP contribution in [-0.2, 0) is 4.79 Å². The first-order valence-corrected chi connectivity index (χ1v) is 8.06. The predicted molar refractivity (Wildman–Crippen MR) is 91.5 cm³/mol. The van der Waals surface area contributed by atoms with Crippen LogP contribution >= 0.6 is 0 Å². The second-order valence-corrected chi connectivity index (χ2v) is 6.10. The standard InChI is InChI=1S/C17H20F2N4O3/c1-11(2)5-7-23(10-16(24)21-15-6-8-26-22-15)17(25)20-12-3-4-13(18)14(19)9-12/h3-4,6,8-9,11H,5,7,10H2,1-2H3,(H,20,25)(H,21,22,24). The molecule has 2 rings (SSSR count). The van der Waals surface area contributed by atoms with E-state index in [9.17, 15) is 18.4 Å². The van der Waals surface area contributed by atoms with Crippen LogP contribution < -0.4 is 10.6 Å². The van der Waals surface area contributed by atoms with Gasteiger partial charge in [-0.3, -0.25) is 4.79 Å². The molecule has 0 spiro atoms. The van der Waals surface area contributed by atoms with Gasteiger partial charge < -0.3 is 20.1 Å². The molecule has 0 aliphatic rings. The third kappa shape index (κ3) is 5.83. The highest BCUT2D eigenvalue weighted by Gasteiger charge is 2.19. The summed E-state index contributed by atoms with van der Waals surface area (Å²) in [5.74, 6) is -1.98. The Labute approximate surface area is 149 Å². The molecule has 1 aromatic carbocycles. The molecular weight excluding hydrogens is 346 g/mol. The molecule has 1 heterocycles. The van der Waals surface area contributed by atoms with Crippen LogP contribution in [0.4, 0.5) is 25.1 Å². The van der Waals surface area contributed by atoms with Crippen molar-refractivity contribution in [2.45, 2.75) is 20.3 Å². The number of hydrogen-bond acceptors (Lipinski definition) is 4. The summed E-state index contributed by atoms with van der Waals surface area (Å²) in [5.41, 5.74) is 0.0976. The largest absolute Gasteiger partial charge is 0.363 e. The molecule has 7 nitrogen and oxygen atoms in total. The van der Waals surface area contributed by atoms with Gasteiger partial charge in [-0.1, -0.05) is 19.0 Å². The quantitative estimate of drug-likeness (QED) is 0.785. The van der Waals surface area contributed by atoms with Crippen LogP contribution in [0.15, 0.2) is 35.1 Å². The molecule has 0 aliphatic carbocycles. The van der Waals surface area contributed by atoms with E-state index in [1.165, 1.54) is 23.3 Å². The van der Waals surface area contributed by atoms with Crippen molar-refractivity contribution in [2.75, 3.05) is 23.7 Å². The fourth-order valence-electron chi connectivity index (χ4n) is 2.08. The number of amides is 3. The summed E-state index contributed by atoms with van der Waals surface area (Å²) in [7, 11) is 0. The highest BCUT2D eigenvalue weighted by molar-refractivity contribution is 5.96. The molecule has 2 aromatic rings. The van der Waals surface area contributed by atoms with Crippen LogP contribution in [0.1, 0.15) is 20.3 Å². The van der Waals surface area contributed by atoms with E-state index in [4.69, 9.17) is 0 Å². The van der Waals surface area contributed by atoms with Crippen molar-refractivity contribution in [3.05, 3.63) is 42.2 Å². The van der Waals surface area contributed by atoms with Gasteiger partial charge in [-0.05, 0) is 24.5 Å². The maximum absolute atomic E-state index is 13.3. The van der Waals surface area contributed by atoms with Crippen LogP contribution in [0, 0.1) is 17.6 Å². The van der Waals surface area contributed by atoms with E-state index < -0.39 is 23.6 Å². The number of carbonyl (C=O) groups is 2. The fraction of sp³-hybridized carbons (Fsp3) is 0.353. The summed E-state index contributed by atoms with van der Waals surface area (Å²) in [4.78, 5) is 25.8. The Kier molecular flexibility index (Phi) is 6.65. The number of hydrogen-bond donors (Lipinski definition) is 2. The van der Waals surface area contributed by atoms with Crippen molar-refractivity contribution in [1.29, 1.82) is 0 Å². The summed E-state index contributed by atoms with van der Waals surface area (Å²) in [6, 6.07) is 3.92. The van der Waals surface area contributed by atoms with E-state index in [-0.39, 0.29) is 18.1 Å². The molecule has 3 amide bonds. The molecule has 26 heavy (non-hydrogen) atoms. The van der Waals surface area contributed by atoms with Gasteiger partial charge >= 0.3 is 6.03 Å². The number of benzene rings is 1. The number of carbonyl (C=O) groups excluding carboxylic acids is 2. The minimum Gasteiger partial charge on any atom is -0.363 e. The number of urea groups is 1. The molecule has 0 saturated heterocycles. The second-order valence-electron chi connectivity index (χ2n) is 6.10. The Morgan fingerprint density at radius 3 is 2.58 bits per heavy atom. The van der Waals surface area contributed by atoms with Crippen molar-refractivity contribution >= 4 is 23.4 Å². The van der Waals surface area contributed by atoms with Gasteiger partial charge in [-0.2, -0.15) is 0 Å². The van der Waals surface area contributed by atoms with Crippen LogP contribution in [-0.4, -0.2) is 35.1 Å². The summed E-state index contributed by atoms with van der Waals surface area (Å²) in [6.45, 7) is 4.07. The minimum absolute atomic E-state index is 0.0976. The minimum atomic E-state index is -1.07. The van der Waals surface area contributed by atoms with Gasteiger partial charge in [0.15, 0.2) is 17.5 Å². The van der Waals surface area contributed by atoms with Crippen LogP contribution in [0.25, 0.3) is 0 Å². The Balaban J connectivity index is 2.02. The molecule has 0 radical (unpaired) electrons. The third-order valence-corrected chi connectivity index (χ3v) is 3.47. The molecule has 0 bridgehead atoms. The lowest BCUT2D eigenvalue weighted by atomic mass is 10.1. The van der Waals surface area contributed by atoms with Crippen molar-refractivity contribution in [2.24, 2.45) is 5.92 Å². The Bertz CT molecular complexity index is 750. The molecule has 140 valence electrons. The molecule has 0 aliphatic heterocycles. The summed E-state index contributed by atoms with van der Waals surface area (Å²) < 4.78 is 30.9. The monoisotopic (exact) mass is 366 g/mol. The summed E-state index contributed by atoms with van der Waals surface area (Å²) >= 11 is 0. The third-order valence-electron chi connectivity index (χ3n) is 3.47. The lowest BCUT2D eigenvalue weighted by Gasteiger charge is -2.23. The molecule has 0 unspecified atom stereocenters. The normalized spacial score (nSPS) is 10.7. The van der Waals surface area contributed by atoms with Gasteiger partial charge in [0.25, 0.3) is 0 Å².